The molecular weight excluding hydrogens is 470 g/mol. The largest absolute Gasteiger partial charge is 0.490 e. The molecule has 0 fully saturated rings. The fourth-order valence-corrected chi connectivity index (χ4v) is 2.93. The molecule has 0 saturated heterocycles. The second-order valence-electron chi connectivity index (χ2n) is 6.75. The quantitative estimate of drug-likeness (QED) is 0.421. The highest BCUT2D eigenvalue weighted by atomic mass is 79.9. The third-order valence-electron chi connectivity index (χ3n) is 4.01. The molecule has 30 heavy (non-hydrogen) atoms. The van der Waals surface area contributed by atoms with Crippen molar-refractivity contribution in [3.63, 3.8) is 0 Å². The van der Waals surface area contributed by atoms with E-state index in [0.29, 0.717) is 17.1 Å². The van der Waals surface area contributed by atoms with Gasteiger partial charge in [0.25, 0.3) is 11.8 Å². The number of hydrogen-bond donors (Lipinski definition) is 3. The lowest BCUT2D eigenvalue weighted by molar-refractivity contribution is -0.123. The van der Waals surface area contributed by atoms with E-state index >= 15 is 0 Å². The number of halogens is 1. The smallest absolute Gasteiger partial charge is 0.276 e. The summed E-state index contributed by atoms with van der Waals surface area (Å²) in [5, 5.41) is 2.45. The van der Waals surface area contributed by atoms with Gasteiger partial charge < -0.3 is 9.47 Å². The van der Waals surface area contributed by atoms with Crippen LogP contribution < -0.4 is 25.6 Å². The summed E-state index contributed by atoms with van der Waals surface area (Å²) in [4.78, 5) is 24.6. The molecule has 0 aliphatic rings. The maximum absolute atomic E-state index is 12.6. The van der Waals surface area contributed by atoms with E-state index in [9.17, 15) is 9.59 Å². The van der Waals surface area contributed by atoms with Gasteiger partial charge in [-0.25, -0.2) is 0 Å². The van der Waals surface area contributed by atoms with Gasteiger partial charge in [-0.15, -0.1) is 0 Å². The summed E-state index contributed by atoms with van der Waals surface area (Å²) in [6.45, 7) is 7.42. The van der Waals surface area contributed by atoms with Gasteiger partial charge in [0.2, 0.25) is 0 Å². The molecule has 0 radical (unpaired) electrons. The Labute approximate surface area is 189 Å². The topological polar surface area (TPSA) is 88.7 Å². The molecule has 0 aliphatic heterocycles. The van der Waals surface area contributed by atoms with E-state index in [1.165, 1.54) is 0 Å². The molecule has 2 aromatic rings. The molecule has 3 N–H and O–H groups in total. The lowest BCUT2D eigenvalue weighted by Gasteiger charge is -2.16. The molecule has 7 nitrogen and oxygen atoms in total. The number of thiocarbonyl (C=S) groups is 1. The molecule has 9 heteroatoms. The summed E-state index contributed by atoms with van der Waals surface area (Å²) in [5.74, 6) is 0.150. The average molecular weight is 494 g/mol. The first-order chi connectivity index (χ1) is 14.2. The maximum Gasteiger partial charge on any atom is 0.276 e. The van der Waals surface area contributed by atoms with E-state index < -0.39 is 11.8 Å². The third kappa shape index (κ3) is 7.00. The fraction of sp³-hybridized carbons (Fsp3) is 0.286. The van der Waals surface area contributed by atoms with Gasteiger partial charge in [0.05, 0.1) is 11.7 Å². The molecule has 2 aromatic carbocycles. The van der Waals surface area contributed by atoms with Crippen LogP contribution in [0, 0.1) is 13.8 Å². The number of hydrogen-bond acceptors (Lipinski definition) is 5. The monoisotopic (exact) mass is 493 g/mol. The van der Waals surface area contributed by atoms with Crippen LogP contribution in [-0.4, -0.2) is 29.6 Å². The molecule has 0 spiro atoms. The zero-order chi connectivity index (χ0) is 22.3. The summed E-state index contributed by atoms with van der Waals surface area (Å²) in [7, 11) is 0. The van der Waals surface area contributed by atoms with E-state index in [1.807, 2.05) is 39.8 Å². The van der Waals surface area contributed by atoms with Gasteiger partial charge in [-0.2, -0.15) is 0 Å². The normalized spacial score (nSPS) is 10.3. The van der Waals surface area contributed by atoms with E-state index in [-0.39, 0.29) is 17.8 Å². The van der Waals surface area contributed by atoms with Gasteiger partial charge in [-0.1, -0.05) is 28.1 Å². The molecule has 0 unspecified atom stereocenters. The minimum atomic E-state index is -0.467. The number of carbonyl (C=O) groups is 2. The van der Waals surface area contributed by atoms with Crippen molar-refractivity contribution in [3.05, 3.63) is 57.6 Å². The first kappa shape index (κ1) is 23.6. The molecule has 0 aliphatic carbocycles. The zero-order valence-electron chi connectivity index (χ0n) is 17.2. The number of carbonyl (C=O) groups excluding carboxylic acids is 2. The predicted molar refractivity (Wildman–Crippen MR) is 123 cm³/mol. The van der Waals surface area contributed by atoms with Gasteiger partial charge in [0.15, 0.2) is 11.7 Å². The molecule has 160 valence electrons. The van der Waals surface area contributed by atoms with Crippen molar-refractivity contribution in [1.29, 1.82) is 0 Å². The number of ether oxygens (including phenoxy) is 2. The number of benzene rings is 2. The number of amides is 2. The third-order valence-corrected chi connectivity index (χ3v) is 4.70. The van der Waals surface area contributed by atoms with Crippen molar-refractivity contribution in [2.45, 2.75) is 33.8 Å². The van der Waals surface area contributed by atoms with Crippen LogP contribution in [0.4, 0.5) is 0 Å². The minimum absolute atomic E-state index is 0.0597. The highest BCUT2D eigenvalue weighted by molar-refractivity contribution is 9.10. The van der Waals surface area contributed by atoms with Gasteiger partial charge in [-0.3, -0.25) is 25.8 Å². The SMILES string of the molecule is Cc1cccc(OCC(=O)NNC(=S)NC(=O)c2cc(Br)ccc2OC(C)C)c1C. The molecule has 0 bridgehead atoms. The van der Waals surface area contributed by atoms with Crippen LogP contribution in [0.1, 0.15) is 35.3 Å². The number of rotatable bonds is 6. The Morgan fingerprint density at radius 3 is 2.53 bits per heavy atom. The lowest BCUT2D eigenvalue weighted by Crippen LogP contribution is -2.49. The van der Waals surface area contributed by atoms with Gasteiger partial charge in [0.1, 0.15) is 11.5 Å². The van der Waals surface area contributed by atoms with Crippen LogP contribution >= 0.6 is 28.1 Å². The van der Waals surface area contributed by atoms with Crippen molar-refractivity contribution in [3.8, 4) is 11.5 Å². The maximum atomic E-state index is 12.6. The van der Waals surface area contributed by atoms with E-state index in [0.717, 1.165) is 15.6 Å². The molecule has 0 aromatic heterocycles. The van der Waals surface area contributed by atoms with Crippen molar-refractivity contribution < 1.29 is 19.1 Å². The van der Waals surface area contributed by atoms with Crippen molar-refractivity contribution in [2.75, 3.05) is 6.61 Å². The van der Waals surface area contributed by atoms with E-state index in [2.05, 4.69) is 32.1 Å². The number of nitrogens with one attached hydrogen (secondary N) is 3. The molecule has 2 amide bonds. The predicted octanol–water partition coefficient (Wildman–Crippen LogP) is 3.57. The van der Waals surface area contributed by atoms with Crippen LogP contribution in [0.5, 0.6) is 11.5 Å². The highest BCUT2D eigenvalue weighted by Crippen LogP contribution is 2.24. The van der Waals surface area contributed by atoms with E-state index in [1.54, 1.807) is 24.3 Å². The summed E-state index contributed by atoms with van der Waals surface area (Å²) in [6, 6.07) is 10.7. The summed E-state index contributed by atoms with van der Waals surface area (Å²) in [5.41, 5.74) is 7.23. The Hall–Kier alpha value is -2.65. The summed E-state index contributed by atoms with van der Waals surface area (Å²) >= 11 is 8.41. The fourth-order valence-electron chi connectivity index (χ4n) is 2.42. The first-order valence-corrected chi connectivity index (χ1v) is 10.4. The van der Waals surface area contributed by atoms with Crippen LogP contribution in [0.2, 0.25) is 0 Å². The lowest BCUT2D eigenvalue weighted by atomic mass is 10.1. The Kier molecular flexibility index (Phi) is 8.61. The Morgan fingerprint density at radius 2 is 1.83 bits per heavy atom. The Balaban J connectivity index is 1.87. The standard InChI is InChI=1S/C21H24BrN3O4S/c1-12(2)29-18-9-8-15(22)10-16(18)20(27)23-21(30)25-24-19(26)11-28-17-7-5-6-13(3)14(17)4/h5-10,12H,11H2,1-4H3,(H,24,26)(H2,23,25,27,30). The van der Waals surface area contributed by atoms with Gasteiger partial charge in [-0.05, 0) is 75.3 Å². The molecule has 0 saturated carbocycles. The van der Waals surface area contributed by atoms with Gasteiger partial charge >= 0.3 is 0 Å². The van der Waals surface area contributed by atoms with Crippen LogP contribution in [0.25, 0.3) is 0 Å². The highest BCUT2D eigenvalue weighted by Gasteiger charge is 2.16. The van der Waals surface area contributed by atoms with Crippen LogP contribution in [0.15, 0.2) is 40.9 Å². The Morgan fingerprint density at radius 1 is 1.10 bits per heavy atom. The molecule has 0 heterocycles. The van der Waals surface area contributed by atoms with Crippen LogP contribution in [-0.2, 0) is 4.79 Å². The average Bonchev–Trinajstić information content (AvgIpc) is 2.68. The van der Waals surface area contributed by atoms with Crippen molar-refractivity contribution in [1.82, 2.24) is 16.2 Å². The minimum Gasteiger partial charge on any atom is -0.490 e. The Bertz CT molecular complexity index is 950. The van der Waals surface area contributed by atoms with Gasteiger partial charge in [0, 0.05) is 4.47 Å². The second kappa shape index (κ2) is 10.9. The van der Waals surface area contributed by atoms with Crippen molar-refractivity contribution in [2.24, 2.45) is 0 Å². The second-order valence-corrected chi connectivity index (χ2v) is 8.07. The van der Waals surface area contributed by atoms with Crippen molar-refractivity contribution >= 4 is 45.1 Å². The number of aryl methyl sites for hydroxylation is 1. The number of hydrazine groups is 1. The zero-order valence-corrected chi connectivity index (χ0v) is 19.6. The van der Waals surface area contributed by atoms with E-state index in [4.69, 9.17) is 21.7 Å². The molecular formula is C21H24BrN3O4S. The summed E-state index contributed by atoms with van der Waals surface area (Å²) in [6.07, 6.45) is -0.0980. The molecule has 2 rings (SSSR count). The molecule has 0 atom stereocenters. The first-order valence-electron chi connectivity index (χ1n) is 9.22. The van der Waals surface area contributed by atoms with Crippen LogP contribution in [0.3, 0.4) is 0 Å². The summed E-state index contributed by atoms with van der Waals surface area (Å²) < 4.78 is 11.9.